The molecular formula is C11H18N4O. The van der Waals surface area contributed by atoms with Gasteiger partial charge in [0.1, 0.15) is 0 Å². The zero-order chi connectivity index (χ0) is 11.5. The van der Waals surface area contributed by atoms with Gasteiger partial charge in [-0.1, -0.05) is 0 Å². The van der Waals surface area contributed by atoms with Gasteiger partial charge in [-0.15, -0.1) is 0 Å². The summed E-state index contributed by atoms with van der Waals surface area (Å²) in [5, 5.41) is 6.20. The number of fused-ring (bicyclic) bond motifs is 1. The molecule has 16 heavy (non-hydrogen) atoms. The van der Waals surface area contributed by atoms with Crippen molar-refractivity contribution < 1.29 is 4.79 Å². The second-order valence-corrected chi connectivity index (χ2v) is 4.10. The van der Waals surface area contributed by atoms with E-state index in [1.807, 2.05) is 24.9 Å². The van der Waals surface area contributed by atoms with Crippen LogP contribution < -0.4 is 10.6 Å². The maximum atomic E-state index is 11.6. The molecule has 1 aromatic rings. The number of aryl methyl sites for hydroxylation is 1. The average Bonchev–Trinajstić information content (AvgIpc) is 2.62. The SMILES string of the molecule is CCNC(=O)CC1NCCc2ncn(C)c21. The monoisotopic (exact) mass is 222 g/mol. The average molecular weight is 222 g/mol. The van der Waals surface area contributed by atoms with Gasteiger partial charge in [0, 0.05) is 33.0 Å². The van der Waals surface area contributed by atoms with Crippen LogP contribution in [-0.4, -0.2) is 28.5 Å². The predicted octanol–water partition coefficient (Wildman–Crippen LogP) is 0.133. The van der Waals surface area contributed by atoms with E-state index < -0.39 is 0 Å². The van der Waals surface area contributed by atoms with Crippen molar-refractivity contribution in [2.24, 2.45) is 7.05 Å². The summed E-state index contributed by atoms with van der Waals surface area (Å²) in [4.78, 5) is 15.9. The number of nitrogens with zero attached hydrogens (tertiary/aromatic N) is 2. The van der Waals surface area contributed by atoms with Crippen LogP contribution in [0.4, 0.5) is 0 Å². The normalized spacial score (nSPS) is 19.2. The highest BCUT2D eigenvalue weighted by Crippen LogP contribution is 2.23. The summed E-state index contributed by atoms with van der Waals surface area (Å²) in [6.07, 6.45) is 3.25. The first-order valence-corrected chi connectivity index (χ1v) is 5.72. The van der Waals surface area contributed by atoms with Gasteiger partial charge in [-0.05, 0) is 6.92 Å². The van der Waals surface area contributed by atoms with Crippen molar-refractivity contribution in [3.8, 4) is 0 Å². The fraction of sp³-hybridized carbons (Fsp3) is 0.636. The highest BCUT2D eigenvalue weighted by molar-refractivity contribution is 5.76. The van der Waals surface area contributed by atoms with Gasteiger partial charge < -0.3 is 15.2 Å². The van der Waals surface area contributed by atoms with E-state index in [9.17, 15) is 4.79 Å². The Bertz CT molecular complexity index is 385. The van der Waals surface area contributed by atoms with Gasteiger partial charge in [-0.3, -0.25) is 4.79 Å². The van der Waals surface area contributed by atoms with E-state index in [2.05, 4.69) is 15.6 Å². The van der Waals surface area contributed by atoms with E-state index in [0.29, 0.717) is 13.0 Å². The Morgan fingerprint density at radius 2 is 2.56 bits per heavy atom. The molecule has 0 bridgehead atoms. The van der Waals surface area contributed by atoms with E-state index in [1.165, 1.54) is 0 Å². The highest BCUT2D eigenvalue weighted by Gasteiger charge is 2.25. The van der Waals surface area contributed by atoms with Crippen LogP contribution in [0.1, 0.15) is 30.8 Å². The summed E-state index contributed by atoms with van der Waals surface area (Å²) < 4.78 is 2.01. The quantitative estimate of drug-likeness (QED) is 0.764. The maximum absolute atomic E-state index is 11.6. The number of carbonyl (C=O) groups is 1. The lowest BCUT2D eigenvalue weighted by Gasteiger charge is -2.24. The van der Waals surface area contributed by atoms with Gasteiger partial charge in [-0.2, -0.15) is 0 Å². The van der Waals surface area contributed by atoms with Crippen molar-refractivity contribution in [2.75, 3.05) is 13.1 Å². The van der Waals surface area contributed by atoms with Gasteiger partial charge in [0.2, 0.25) is 5.91 Å². The molecule has 0 radical (unpaired) electrons. The Hall–Kier alpha value is -1.36. The summed E-state index contributed by atoms with van der Waals surface area (Å²) in [5.41, 5.74) is 2.27. The van der Waals surface area contributed by atoms with Crippen molar-refractivity contribution >= 4 is 5.91 Å². The van der Waals surface area contributed by atoms with Crippen molar-refractivity contribution in [3.63, 3.8) is 0 Å². The zero-order valence-electron chi connectivity index (χ0n) is 9.79. The number of rotatable bonds is 3. The van der Waals surface area contributed by atoms with Gasteiger partial charge in [0.15, 0.2) is 0 Å². The Kier molecular flexibility index (Phi) is 3.24. The van der Waals surface area contributed by atoms with E-state index in [4.69, 9.17) is 0 Å². The first-order chi connectivity index (χ1) is 7.72. The summed E-state index contributed by atoms with van der Waals surface area (Å²) in [7, 11) is 1.98. The third-order valence-corrected chi connectivity index (χ3v) is 2.91. The number of carbonyl (C=O) groups excluding carboxylic acids is 1. The topological polar surface area (TPSA) is 59.0 Å². The van der Waals surface area contributed by atoms with Crippen LogP contribution in [0.15, 0.2) is 6.33 Å². The van der Waals surface area contributed by atoms with Crippen LogP contribution in [0.3, 0.4) is 0 Å². The van der Waals surface area contributed by atoms with Gasteiger partial charge >= 0.3 is 0 Å². The first kappa shape index (κ1) is 11.1. The van der Waals surface area contributed by atoms with Crippen LogP contribution in [0.25, 0.3) is 0 Å². The summed E-state index contributed by atoms with van der Waals surface area (Å²) in [5.74, 6) is 0.0917. The second kappa shape index (κ2) is 4.65. The van der Waals surface area contributed by atoms with Crippen LogP contribution in [0.5, 0.6) is 0 Å². The second-order valence-electron chi connectivity index (χ2n) is 4.10. The molecule has 0 aromatic carbocycles. The molecular weight excluding hydrogens is 204 g/mol. The lowest BCUT2D eigenvalue weighted by atomic mass is 10.0. The molecule has 0 spiro atoms. The zero-order valence-corrected chi connectivity index (χ0v) is 9.79. The molecule has 0 saturated heterocycles. The van der Waals surface area contributed by atoms with E-state index in [0.717, 1.165) is 24.4 Å². The number of amides is 1. The first-order valence-electron chi connectivity index (χ1n) is 5.72. The Morgan fingerprint density at radius 1 is 1.75 bits per heavy atom. The number of nitrogens with one attached hydrogen (secondary N) is 2. The smallest absolute Gasteiger partial charge is 0.221 e. The number of hydrogen-bond donors (Lipinski definition) is 2. The molecule has 0 aliphatic carbocycles. The molecule has 1 aliphatic heterocycles. The van der Waals surface area contributed by atoms with Crippen LogP contribution in [0, 0.1) is 0 Å². The molecule has 0 fully saturated rings. The standard InChI is InChI=1S/C11H18N4O/c1-3-12-10(16)6-9-11-8(4-5-13-9)14-7-15(11)2/h7,9,13H,3-6H2,1-2H3,(H,12,16). The number of aromatic nitrogens is 2. The Balaban J connectivity index is 2.12. The molecule has 0 saturated carbocycles. The van der Waals surface area contributed by atoms with E-state index >= 15 is 0 Å². The van der Waals surface area contributed by atoms with Crippen molar-refractivity contribution in [1.82, 2.24) is 20.2 Å². The number of hydrogen-bond acceptors (Lipinski definition) is 3. The van der Waals surface area contributed by atoms with E-state index in [-0.39, 0.29) is 11.9 Å². The van der Waals surface area contributed by atoms with Gasteiger partial charge in [0.25, 0.3) is 0 Å². The van der Waals surface area contributed by atoms with Crippen molar-refractivity contribution in [2.45, 2.75) is 25.8 Å². The summed E-state index contributed by atoms with van der Waals surface area (Å²) in [6, 6.07) is 0.0998. The lowest BCUT2D eigenvalue weighted by Crippen LogP contribution is -2.35. The molecule has 1 unspecified atom stereocenters. The molecule has 1 amide bonds. The van der Waals surface area contributed by atoms with Crippen molar-refractivity contribution in [1.29, 1.82) is 0 Å². The minimum Gasteiger partial charge on any atom is -0.356 e. The molecule has 1 aromatic heterocycles. The van der Waals surface area contributed by atoms with Crippen LogP contribution >= 0.6 is 0 Å². The molecule has 88 valence electrons. The largest absolute Gasteiger partial charge is 0.356 e. The molecule has 2 rings (SSSR count). The number of imidazole rings is 1. The van der Waals surface area contributed by atoms with Crippen LogP contribution in [0.2, 0.25) is 0 Å². The molecule has 2 N–H and O–H groups in total. The molecule has 5 nitrogen and oxygen atoms in total. The fourth-order valence-electron chi connectivity index (χ4n) is 2.21. The summed E-state index contributed by atoms with van der Waals surface area (Å²) in [6.45, 7) is 3.51. The highest BCUT2D eigenvalue weighted by atomic mass is 16.1. The third kappa shape index (κ3) is 2.09. The van der Waals surface area contributed by atoms with Crippen molar-refractivity contribution in [3.05, 3.63) is 17.7 Å². The minimum atomic E-state index is 0.0917. The van der Waals surface area contributed by atoms with Crippen LogP contribution in [-0.2, 0) is 18.3 Å². The van der Waals surface area contributed by atoms with E-state index in [1.54, 1.807) is 0 Å². The minimum absolute atomic E-state index is 0.0917. The lowest BCUT2D eigenvalue weighted by molar-refractivity contribution is -0.121. The van der Waals surface area contributed by atoms with Gasteiger partial charge in [-0.25, -0.2) is 4.98 Å². The third-order valence-electron chi connectivity index (χ3n) is 2.91. The van der Waals surface area contributed by atoms with Gasteiger partial charge in [0.05, 0.1) is 23.8 Å². The molecule has 2 heterocycles. The fourth-order valence-corrected chi connectivity index (χ4v) is 2.21. The maximum Gasteiger partial charge on any atom is 0.221 e. The Morgan fingerprint density at radius 3 is 3.31 bits per heavy atom. The molecule has 1 aliphatic rings. The molecule has 1 atom stereocenters. The predicted molar refractivity (Wildman–Crippen MR) is 61.0 cm³/mol. The Labute approximate surface area is 95.2 Å². The molecule has 5 heteroatoms. The summed E-state index contributed by atoms with van der Waals surface area (Å²) >= 11 is 0.